The summed E-state index contributed by atoms with van der Waals surface area (Å²) >= 11 is 3.55. The van der Waals surface area contributed by atoms with Crippen molar-refractivity contribution >= 4 is 28.9 Å². The minimum atomic E-state index is 0.129. The highest BCUT2D eigenvalue weighted by Crippen LogP contribution is 2.46. The van der Waals surface area contributed by atoms with Crippen LogP contribution in [0.2, 0.25) is 0 Å². The number of hydrogen-bond donors (Lipinski definition) is 0. The van der Waals surface area contributed by atoms with Gasteiger partial charge in [0, 0.05) is 16.9 Å². The zero-order valence-electron chi connectivity index (χ0n) is 11.2. The van der Waals surface area contributed by atoms with Crippen molar-refractivity contribution in [3.63, 3.8) is 0 Å². The zero-order valence-corrected chi connectivity index (χ0v) is 12.8. The van der Waals surface area contributed by atoms with Gasteiger partial charge in [0.15, 0.2) is 5.78 Å². The van der Waals surface area contributed by atoms with Crippen molar-refractivity contribution in [1.82, 2.24) is 0 Å². The molecule has 1 aliphatic carbocycles. The summed E-state index contributed by atoms with van der Waals surface area (Å²) in [5, 5.41) is 0. The number of rotatable bonds is 2. The fourth-order valence-corrected chi connectivity index (χ4v) is 4.71. The van der Waals surface area contributed by atoms with E-state index < -0.39 is 0 Å². The molecule has 1 nitrogen and oxygen atoms in total. The first-order valence-corrected chi connectivity index (χ1v) is 8.12. The normalized spacial score (nSPS) is 18.6. The summed E-state index contributed by atoms with van der Waals surface area (Å²) in [6.07, 6.45) is 3.82. The molecule has 0 fully saturated rings. The van der Waals surface area contributed by atoms with Crippen molar-refractivity contribution in [3.05, 3.63) is 16.0 Å². The van der Waals surface area contributed by atoms with Crippen molar-refractivity contribution in [2.75, 3.05) is 6.26 Å². The summed E-state index contributed by atoms with van der Waals surface area (Å²) in [6.45, 7) is 8.85. The standard InChI is InChI=1S/C14H20OS2/c1-8(2)12-9-6-14(3,4)7-10(15)11(9)13(16-5)17-12/h8H,6-7H2,1-5H3. The average Bonchev–Trinajstić information content (AvgIpc) is 2.54. The van der Waals surface area contributed by atoms with Gasteiger partial charge in [0.25, 0.3) is 0 Å². The minimum Gasteiger partial charge on any atom is -0.294 e. The van der Waals surface area contributed by atoms with E-state index >= 15 is 0 Å². The molecule has 0 aromatic carbocycles. The second-order valence-electron chi connectivity index (χ2n) is 5.91. The van der Waals surface area contributed by atoms with Crippen LogP contribution in [-0.2, 0) is 6.42 Å². The maximum atomic E-state index is 12.3. The molecule has 94 valence electrons. The Labute approximate surface area is 112 Å². The molecule has 3 heteroatoms. The molecule has 0 bridgehead atoms. The van der Waals surface area contributed by atoms with E-state index in [2.05, 4.69) is 34.0 Å². The lowest BCUT2D eigenvalue weighted by Crippen LogP contribution is -2.27. The Kier molecular flexibility index (Phi) is 3.43. The van der Waals surface area contributed by atoms with Gasteiger partial charge in [0.2, 0.25) is 0 Å². The Bertz CT molecular complexity index is 455. The molecule has 0 radical (unpaired) electrons. The van der Waals surface area contributed by atoms with Crippen LogP contribution < -0.4 is 0 Å². The number of fused-ring (bicyclic) bond motifs is 1. The SMILES string of the molecule is CSc1sc(C(C)C)c2c1C(=O)CC(C)(C)C2. The highest BCUT2D eigenvalue weighted by atomic mass is 32.2. The van der Waals surface area contributed by atoms with Crippen LogP contribution in [0.25, 0.3) is 0 Å². The summed E-state index contributed by atoms with van der Waals surface area (Å²) in [5.41, 5.74) is 2.52. The maximum absolute atomic E-state index is 12.3. The molecule has 0 spiro atoms. The highest BCUT2D eigenvalue weighted by Gasteiger charge is 2.36. The number of Topliss-reactive ketones (excluding diaryl/α,β-unsaturated/α-hetero) is 1. The van der Waals surface area contributed by atoms with Gasteiger partial charge >= 0.3 is 0 Å². The molecule has 1 aromatic heterocycles. The van der Waals surface area contributed by atoms with Crippen molar-refractivity contribution in [1.29, 1.82) is 0 Å². The summed E-state index contributed by atoms with van der Waals surface area (Å²) in [7, 11) is 0. The second kappa shape index (κ2) is 4.43. The van der Waals surface area contributed by atoms with Gasteiger partial charge in [-0.2, -0.15) is 0 Å². The van der Waals surface area contributed by atoms with Crippen molar-refractivity contribution in [2.24, 2.45) is 5.41 Å². The van der Waals surface area contributed by atoms with E-state index in [-0.39, 0.29) is 5.41 Å². The smallest absolute Gasteiger partial charge is 0.165 e. The first-order chi connectivity index (χ1) is 7.85. The van der Waals surface area contributed by atoms with Crippen LogP contribution in [-0.4, -0.2) is 12.0 Å². The van der Waals surface area contributed by atoms with E-state index in [1.165, 1.54) is 14.6 Å². The Morgan fingerprint density at radius 1 is 1.29 bits per heavy atom. The molecule has 0 aliphatic heterocycles. The van der Waals surface area contributed by atoms with Gasteiger partial charge < -0.3 is 0 Å². The predicted molar refractivity (Wildman–Crippen MR) is 76.6 cm³/mol. The third-order valence-electron chi connectivity index (χ3n) is 3.29. The van der Waals surface area contributed by atoms with Gasteiger partial charge in [-0.3, -0.25) is 4.79 Å². The summed E-state index contributed by atoms with van der Waals surface area (Å²) in [6, 6.07) is 0. The molecule has 1 heterocycles. The fourth-order valence-electron chi connectivity index (χ4n) is 2.59. The van der Waals surface area contributed by atoms with Crippen LogP contribution in [0.5, 0.6) is 0 Å². The lowest BCUT2D eigenvalue weighted by Gasteiger charge is -2.29. The van der Waals surface area contributed by atoms with Crippen LogP contribution >= 0.6 is 23.1 Å². The Balaban J connectivity index is 2.60. The summed E-state index contributed by atoms with van der Waals surface area (Å²) < 4.78 is 1.23. The Hall–Kier alpha value is -0.280. The second-order valence-corrected chi connectivity index (χ2v) is 8.03. The lowest BCUT2D eigenvalue weighted by molar-refractivity contribution is 0.0910. The van der Waals surface area contributed by atoms with Crippen LogP contribution in [0.15, 0.2) is 4.21 Å². The van der Waals surface area contributed by atoms with Crippen LogP contribution in [0.1, 0.15) is 60.8 Å². The molecular weight excluding hydrogens is 248 g/mol. The molecule has 0 N–H and O–H groups in total. The highest BCUT2D eigenvalue weighted by molar-refractivity contribution is 8.00. The quantitative estimate of drug-likeness (QED) is 0.720. The fraction of sp³-hybridized carbons (Fsp3) is 0.643. The van der Waals surface area contributed by atoms with E-state index in [1.807, 2.05) is 11.3 Å². The largest absolute Gasteiger partial charge is 0.294 e. The van der Waals surface area contributed by atoms with Gasteiger partial charge in [-0.15, -0.1) is 23.1 Å². The molecule has 0 unspecified atom stereocenters. The van der Waals surface area contributed by atoms with E-state index in [1.54, 1.807) is 11.8 Å². The van der Waals surface area contributed by atoms with Crippen LogP contribution in [0, 0.1) is 5.41 Å². The number of carbonyl (C=O) groups excluding carboxylic acids is 1. The van der Waals surface area contributed by atoms with Crippen LogP contribution in [0.3, 0.4) is 0 Å². The molecule has 0 amide bonds. The van der Waals surface area contributed by atoms with E-state index in [9.17, 15) is 4.79 Å². The molecule has 17 heavy (non-hydrogen) atoms. The molecule has 1 aliphatic rings. The molecule has 1 aromatic rings. The van der Waals surface area contributed by atoms with E-state index in [0.29, 0.717) is 18.1 Å². The number of ketones is 1. The molecule has 2 rings (SSSR count). The molecule has 0 saturated carbocycles. The number of thiophene rings is 1. The maximum Gasteiger partial charge on any atom is 0.165 e. The van der Waals surface area contributed by atoms with Crippen molar-refractivity contribution in [2.45, 2.75) is 50.7 Å². The number of thioether (sulfide) groups is 1. The van der Waals surface area contributed by atoms with Gasteiger partial charge in [-0.25, -0.2) is 0 Å². The first-order valence-electron chi connectivity index (χ1n) is 6.08. The first kappa shape index (κ1) is 13.2. The average molecular weight is 268 g/mol. The van der Waals surface area contributed by atoms with Crippen LogP contribution in [0.4, 0.5) is 0 Å². The minimum absolute atomic E-state index is 0.129. The van der Waals surface area contributed by atoms with Gasteiger partial charge in [-0.05, 0) is 29.6 Å². The van der Waals surface area contributed by atoms with E-state index in [0.717, 1.165) is 12.0 Å². The Morgan fingerprint density at radius 2 is 1.94 bits per heavy atom. The number of hydrogen-bond acceptors (Lipinski definition) is 3. The molecule has 0 atom stereocenters. The third kappa shape index (κ3) is 2.32. The van der Waals surface area contributed by atoms with Gasteiger partial charge in [-0.1, -0.05) is 27.7 Å². The number of carbonyl (C=O) groups is 1. The Morgan fingerprint density at radius 3 is 2.47 bits per heavy atom. The van der Waals surface area contributed by atoms with Gasteiger partial charge in [0.1, 0.15) is 0 Å². The predicted octanol–water partition coefficient (Wildman–Crippen LogP) is 4.75. The topological polar surface area (TPSA) is 17.1 Å². The van der Waals surface area contributed by atoms with Crippen molar-refractivity contribution < 1.29 is 4.79 Å². The third-order valence-corrected chi connectivity index (χ3v) is 5.94. The van der Waals surface area contributed by atoms with Crippen molar-refractivity contribution in [3.8, 4) is 0 Å². The van der Waals surface area contributed by atoms with Gasteiger partial charge in [0.05, 0.1) is 4.21 Å². The zero-order chi connectivity index (χ0) is 12.8. The molecule has 0 saturated heterocycles. The molecular formula is C14H20OS2. The lowest BCUT2D eigenvalue weighted by atomic mass is 9.74. The van der Waals surface area contributed by atoms with E-state index in [4.69, 9.17) is 0 Å². The summed E-state index contributed by atoms with van der Waals surface area (Å²) in [4.78, 5) is 13.7. The monoisotopic (exact) mass is 268 g/mol. The summed E-state index contributed by atoms with van der Waals surface area (Å²) in [5.74, 6) is 0.875.